The van der Waals surface area contributed by atoms with E-state index in [0.29, 0.717) is 18.7 Å². The van der Waals surface area contributed by atoms with Gasteiger partial charge in [0.05, 0.1) is 12.6 Å². The largest absolute Gasteiger partial charge is 0.386 e. The number of nitrogens with zero attached hydrogens (tertiary/aromatic N) is 1. The highest BCUT2D eigenvalue weighted by molar-refractivity contribution is 5.92. The molecule has 0 unspecified atom stereocenters. The van der Waals surface area contributed by atoms with Crippen LogP contribution in [0.15, 0.2) is 54.6 Å². The highest BCUT2D eigenvalue weighted by Gasteiger charge is 2.34. The van der Waals surface area contributed by atoms with Crippen LogP contribution in [0.5, 0.6) is 0 Å². The third-order valence-corrected chi connectivity index (χ3v) is 6.55. The van der Waals surface area contributed by atoms with Gasteiger partial charge in [-0.3, -0.25) is 9.59 Å². The van der Waals surface area contributed by atoms with Gasteiger partial charge >= 0.3 is 0 Å². The highest BCUT2D eigenvalue weighted by atomic mass is 16.5. The quantitative estimate of drug-likeness (QED) is 0.661. The maximum Gasteiger partial charge on any atom is 0.248 e. The Balaban J connectivity index is 1.36. The molecule has 1 aliphatic carbocycles. The fraction of sp³-hybridized carbons (Fsp3) is 0.462. The minimum absolute atomic E-state index is 0.0562. The summed E-state index contributed by atoms with van der Waals surface area (Å²) in [5.74, 6) is 0.0931. The fourth-order valence-corrected chi connectivity index (χ4v) is 4.69. The number of aryl methyl sites for hydroxylation is 1. The molecule has 1 aliphatic heterocycles. The number of amides is 2. The first-order chi connectivity index (χ1) is 15.6. The first kappa shape index (κ1) is 22.5. The maximum atomic E-state index is 12.5. The normalized spacial score (nSPS) is 20.3. The maximum absolute atomic E-state index is 12.5. The van der Waals surface area contributed by atoms with Crippen LogP contribution in [0.4, 0.5) is 5.69 Å². The van der Waals surface area contributed by atoms with Crippen LogP contribution in [0.2, 0.25) is 0 Å². The highest BCUT2D eigenvalue weighted by Crippen LogP contribution is 2.28. The minimum Gasteiger partial charge on any atom is -0.386 e. The number of rotatable bonds is 8. The van der Waals surface area contributed by atoms with E-state index in [9.17, 15) is 14.7 Å². The number of morpholine rings is 1. The second-order valence-electron chi connectivity index (χ2n) is 8.80. The summed E-state index contributed by atoms with van der Waals surface area (Å²) in [5.41, 5.74) is 2.68. The summed E-state index contributed by atoms with van der Waals surface area (Å²) in [7, 11) is 0. The molecule has 0 spiro atoms. The molecule has 2 atom stereocenters. The van der Waals surface area contributed by atoms with Crippen LogP contribution in [0.3, 0.4) is 0 Å². The van der Waals surface area contributed by atoms with Gasteiger partial charge in [0.2, 0.25) is 11.8 Å². The van der Waals surface area contributed by atoms with Gasteiger partial charge in [0, 0.05) is 18.2 Å². The van der Waals surface area contributed by atoms with Crippen molar-refractivity contribution in [1.29, 1.82) is 0 Å². The van der Waals surface area contributed by atoms with E-state index in [-0.39, 0.29) is 24.3 Å². The zero-order valence-corrected chi connectivity index (χ0v) is 18.4. The number of ether oxygens (including phenoxy) is 1. The molecular formula is C26H32N2O4. The van der Waals surface area contributed by atoms with Crippen LogP contribution in [0.25, 0.3) is 0 Å². The van der Waals surface area contributed by atoms with Crippen molar-refractivity contribution >= 4 is 17.5 Å². The van der Waals surface area contributed by atoms with Gasteiger partial charge in [-0.1, -0.05) is 55.3 Å². The molecular weight excluding hydrogens is 404 g/mol. The SMILES string of the molecule is O=C(Nc1ccc([C@@H](O)[C@H]2COCC(=O)N2CCCc2ccccc2)cc1)C1CCCC1. The number of aliphatic hydroxyl groups is 1. The summed E-state index contributed by atoms with van der Waals surface area (Å²) in [5, 5.41) is 14.0. The monoisotopic (exact) mass is 436 g/mol. The number of anilines is 1. The van der Waals surface area contributed by atoms with E-state index in [1.54, 1.807) is 4.90 Å². The topological polar surface area (TPSA) is 78.9 Å². The zero-order chi connectivity index (χ0) is 22.3. The smallest absolute Gasteiger partial charge is 0.248 e. The third kappa shape index (κ3) is 5.56. The van der Waals surface area contributed by atoms with E-state index in [0.717, 1.165) is 44.2 Å². The first-order valence-electron chi connectivity index (χ1n) is 11.6. The second kappa shape index (κ2) is 10.7. The van der Waals surface area contributed by atoms with Crippen molar-refractivity contribution in [3.8, 4) is 0 Å². The predicted molar refractivity (Wildman–Crippen MR) is 123 cm³/mol. The van der Waals surface area contributed by atoms with Crippen LogP contribution >= 0.6 is 0 Å². The Morgan fingerprint density at radius 2 is 1.81 bits per heavy atom. The van der Waals surface area contributed by atoms with E-state index < -0.39 is 12.1 Å². The molecule has 6 nitrogen and oxygen atoms in total. The number of carbonyl (C=O) groups excluding carboxylic acids is 2. The lowest BCUT2D eigenvalue weighted by Crippen LogP contribution is -2.52. The summed E-state index contributed by atoms with van der Waals surface area (Å²) in [4.78, 5) is 26.6. The molecule has 2 amide bonds. The number of benzene rings is 2. The molecule has 0 aromatic heterocycles. The van der Waals surface area contributed by atoms with Gasteiger partial charge in [-0.05, 0) is 48.9 Å². The predicted octanol–water partition coefficient (Wildman–Crippen LogP) is 3.71. The first-order valence-corrected chi connectivity index (χ1v) is 11.6. The van der Waals surface area contributed by atoms with Crippen LogP contribution in [-0.4, -0.2) is 47.6 Å². The van der Waals surface area contributed by atoms with Crippen molar-refractivity contribution < 1.29 is 19.4 Å². The molecule has 32 heavy (non-hydrogen) atoms. The standard InChI is InChI=1S/C26H32N2O4/c29-24-18-32-17-23(28(24)16-6-9-19-7-2-1-3-8-19)25(30)20-12-14-22(15-13-20)27-26(31)21-10-4-5-11-21/h1-3,7-8,12-15,21,23,25,30H,4-6,9-11,16-18H2,(H,27,31)/t23-,25-/m1/s1. The molecule has 6 heteroatoms. The van der Waals surface area contributed by atoms with Gasteiger partial charge in [0.25, 0.3) is 0 Å². The number of hydrogen-bond acceptors (Lipinski definition) is 4. The summed E-state index contributed by atoms with van der Waals surface area (Å²) >= 11 is 0. The van der Waals surface area contributed by atoms with Crippen LogP contribution in [-0.2, 0) is 20.7 Å². The fourth-order valence-electron chi connectivity index (χ4n) is 4.69. The Kier molecular flexibility index (Phi) is 7.55. The van der Waals surface area contributed by atoms with Crippen molar-refractivity contribution in [2.45, 2.75) is 50.7 Å². The van der Waals surface area contributed by atoms with Crippen molar-refractivity contribution in [3.63, 3.8) is 0 Å². The molecule has 0 radical (unpaired) electrons. The molecule has 2 N–H and O–H groups in total. The molecule has 1 saturated carbocycles. The lowest BCUT2D eigenvalue weighted by molar-refractivity contribution is -0.154. The summed E-state index contributed by atoms with van der Waals surface area (Å²) in [6.45, 7) is 0.938. The molecule has 2 aromatic carbocycles. The zero-order valence-electron chi connectivity index (χ0n) is 18.4. The Morgan fingerprint density at radius 1 is 1.09 bits per heavy atom. The molecule has 4 rings (SSSR count). The lowest BCUT2D eigenvalue weighted by Gasteiger charge is -2.38. The van der Waals surface area contributed by atoms with Crippen molar-refractivity contribution in [1.82, 2.24) is 4.90 Å². The van der Waals surface area contributed by atoms with Gasteiger partial charge in [-0.2, -0.15) is 0 Å². The third-order valence-electron chi connectivity index (χ3n) is 6.55. The van der Waals surface area contributed by atoms with E-state index in [1.165, 1.54) is 5.56 Å². The van der Waals surface area contributed by atoms with Crippen LogP contribution < -0.4 is 5.32 Å². The molecule has 1 saturated heterocycles. The van der Waals surface area contributed by atoms with E-state index in [4.69, 9.17) is 4.74 Å². The van der Waals surface area contributed by atoms with Gasteiger partial charge < -0.3 is 20.1 Å². The number of carbonyl (C=O) groups is 2. The van der Waals surface area contributed by atoms with Crippen LogP contribution in [0, 0.1) is 5.92 Å². The molecule has 2 aliphatic rings. The Morgan fingerprint density at radius 3 is 2.53 bits per heavy atom. The molecule has 0 bridgehead atoms. The number of nitrogens with one attached hydrogen (secondary N) is 1. The Labute approximate surface area is 189 Å². The van der Waals surface area contributed by atoms with Crippen molar-refractivity contribution in [2.75, 3.05) is 25.1 Å². The molecule has 2 aromatic rings. The average Bonchev–Trinajstić information content (AvgIpc) is 3.36. The minimum atomic E-state index is -0.851. The van der Waals surface area contributed by atoms with Gasteiger partial charge in [-0.25, -0.2) is 0 Å². The van der Waals surface area contributed by atoms with Crippen LogP contribution in [0.1, 0.15) is 49.3 Å². The van der Waals surface area contributed by atoms with Gasteiger partial charge in [-0.15, -0.1) is 0 Å². The van der Waals surface area contributed by atoms with Gasteiger partial charge in [0.1, 0.15) is 12.7 Å². The number of hydrogen-bond donors (Lipinski definition) is 2. The van der Waals surface area contributed by atoms with Crippen molar-refractivity contribution in [3.05, 3.63) is 65.7 Å². The lowest BCUT2D eigenvalue weighted by atomic mass is 9.99. The van der Waals surface area contributed by atoms with E-state index >= 15 is 0 Å². The van der Waals surface area contributed by atoms with Gasteiger partial charge in [0.15, 0.2) is 0 Å². The molecule has 1 heterocycles. The summed E-state index contributed by atoms with van der Waals surface area (Å²) in [6, 6.07) is 17.0. The van der Waals surface area contributed by atoms with Crippen molar-refractivity contribution in [2.24, 2.45) is 5.92 Å². The summed E-state index contributed by atoms with van der Waals surface area (Å²) in [6.07, 6.45) is 5.00. The number of aliphatic hydroxyl groups excluding tert-OH is 1. The molecule has 2 fully saturated rings. The Bertz CT molecular complexity index is 894. The van der Waals surface area contributed by atoms with E-state index in [1.807, 2.05) is 42.5 Å². The molecule has 170 valence electrons. The van der Waals surface area contributed by atoms with E-state index in [2.05, 4.69) is 17.4 Å². The summed E-state index contributed by atoms with van der Waals surface area (Å²) < 4.78 is 5.46. The average molecular weight is 437 g/mol. The Hall–Kier alpha value is -2.70. The second-order valence-corrected chi connectivity index (χ2v) is 8.80.